The van der Waals surface area contributed by atoms with Gasteiger partial charge in [-0.1, -0.05) is 24.8 Å². The molecule has 0 fully saturated rings. The highest BCUT2D eigenvalue weighted by molar-refractivity contribution is 7.90. The van der Waals surface area contributed by atoms with Gasteiger partial charge in [0.15, 0.2) is 11.5 Å². The third kappa shape index (κ3) is 5.33. The molecule has 0 spiro atoms. The molecule has 3 aromatic rings. The molecule has 170 valence electrons. The molecule has 0 unspecified atom stereocenters. The van der Waals surface area contributed by atoms with E-state index in [1.54, 1.807) is 13.1 Å². The zero-order valence-electron chi connectivity index (χ0n) is 17.9. The molecule has 3 rings (SSSR count). The molecule has 11 heteroatoms. The van der Waals surface area contributed by atoms with Crippen LogP contribution in [0.5, 0.6) is 0 Å². The van der Waals surface area contributed by atoms with Gasteiger partial charge in [-0.3, -0.25) is 9.59 Å². The van der Waals surface area contributed by atoms with Crippen LogP contribution in [0.2, 0.25) is 0 Å². The van der Waals surface area contributed by atoms with Gasteiger partial charge in [-0.05, 0) is 35.9 Å². The normalized spacial score (nSPS) is 10.8. The van der Waals surface area contributed by atoms with Gasteiger partial charge >= 0.3 is 0 Å². The third-order valence-electron chi connectivity index (χ3n) is 4.55. The van der Waals surface area contributed by atoms with E-state index in [-0.39, 0.29) is 16.4 Å². The molecule has 0 saturated carbocycles. The second-order valence-electron chi connectivity index (χ2n) is 6.89. The number of sulfonamides is 1. The minimum atomic E-state index is -3.98. The predicted molar refractivity (Wildman–Crippen MR) is 127 cm³/mol. The van der Waals surface area contributed by atoms with Crippen molar-refractivity contribution < 1.29 is 18.0 Å². The van der Waals surface area contributed by atoms with Gasteiger partial charge in [-0.15, -0.1) is 0 Å². The predicted octanol–water partition coefficient (Wildman–Crippen LogP) is 2.49. The summed E-state index contributed by atoms with van der Waals surface area (Å²) in [6, 6.07) is 10.8. The molecule has 10 nitrogen and oxygen atoms in total. The molecule has 2 amide bonds. The molecule has 5 N–H and O–H groups in total. The van der Waals surface area contributed by atoms with Gasteiger partial charge in [0.2, 0.25) is 5.91 Å². The number of anilines is 3. The summed E-state index contributed by atoms with van der Waals surface area (Å²) in [5.41, 5.74) is 9.00. The van der Waals surface area contributed by atoms with Crippen molar-refractivity contribution in [2.45, 2.75) is 11.8 Å². The quantitative estimate of drug-likeness (QED) is 0.414. The Bertz CT molecular complexity index is 1340. The number of hydrogen-bond acceptors (Lipinski definition) is 8. The van der Waals surface area contributed by atoms with E-state index in [9.17, 15) is 18.0 Å². The van der Waals surface area contributed by atoms with Crippen molar-refractivity contribution in [1.29, 1.82) is 0 Å². The molecular formula is C22H22N6O4S. The molecule has 0 atom stereocenters. The van der Waals surface area contributed by atoms with Gasteiger partial charge in [-0.2, -0.15) is 0 Å². The molecule has 1 heterocycles. The smallest absolute Gasteiger partial charge is 0.278 e. The highest BCUT2D eigenvalue weighted by Gasteiger charge is 2.18. The first-order valence-corrected chi connectivity index (χ1v) is 11.1. The summed E-state index contributed by atoms with van der Waals surface area (Å²) in [7, 11) is -2.19. The fourth-order valence-corrected chi connectivity index (χ4v) is 3.96. The lowest BCUT2D eigenvalue weighted by atomic mass is 10.1. The number of carbonyl (C=O) groups excluding carboxylic acids is 2. The standard InChI is InChI=1S/C22H22N6O4S/c1-4-14-5-6-15(11-18(14)24-3)19-12-25-21(23)20(27-19)22(30)26-16-7-9-17(10-8-16)33(31,32)28-13(2)29/h4-12,24H,1H2,2-3H3,(H2,23,25)(H,26,30)(H,28,29). The number of rotatable bonds is 7. The lowest BCUT2D eigenvalue weighted by Crippen LogP contribution is -2.28. The lowest BCUT2D eigenvalue weighted by molar-refractivity contribution is -0.117. The number of carbonyl (C=O) groups is 2. The molecule has 0 aliphatic rings. The topological polar surface area (TPSA) is 156 Å². The maximum Gasteiger partial charge on any atom is 0.278 e. The van der Waals surface area contributed by atoms with Crippen LogP contribution in [0.25, 0.3) is 17.3 Å². The molecule has 2 aromatic carbocycles. The molecule has 33 heavy (non-hydrogen) atoms. The molecule has 0 radical (unpaired) electrons. The average Bonchev–Trinajstić information content (AvgIpc) is 2.78. The third-order valence-corrected chi connectivity index (χ3v) is 6.00. The van der Waals surface area contributed by atoms with Crippen LogP contribution in [0.1, 0.15) is 23.0 Å². The Hall–Kier alpha value is -4.25. The summed E-state index contributed by atoms with van der Waals surface area (Å²) in [5.74, 6) is -1.38. The fraction of sp³-hybridized carbons (Fsp3) is 0.0909. The summed E-state index contributed by atoms with van der Waals surface area (Å²) in [4.78, 5) is 32.1. The van der Waals surface area contributed by atoms with Gasteiger partial charge < -0.3 is 16.4 Å². The maximum absolute atomic E-state index is 12.8. The summed E-state index contributed by atoms with van der Waals surface area (Å²) in [6.45, 7) is 4.87. The zero-order chi connectivity index (χ0) is 24.2. The van der Waals surface area contributed by atoms with Gasteiger partial charge in [0.1, 0.15) is 0 Å². The van der Waals surface area contributed by atoms with E-state index in [1.165, 1.54) is 30.5 Å². The van der Waals surface area contributed by atoms with Gasteiger partial charge in [0.05, 0.1) is 16.8 Å². The van der Waals surface area contributed by atoms with Crippen LogP contribution in [-0.2, 0) is 14.8 Å². The summed E-state index contributed by atoms with van der Waals surface area (Å²) < 4.78 is 25.9. The monoisotopic (exact) mass is 466 g/mol. The van der Waals surface area contributed by atoms with Crippen LogP contribution in [-0.4, -0.2) is 37.2 Å². The number of benzene rings is 2. The van der Waals surface area contributed by atoms with E-state index in [2.05, 4.69) is 27.2 Å². The van der Waals surface area contributed by atoms with Crippen molar-refractivity contribution in [2.24, 2.45) is 0 Å². The van der Waals surface area contributed by atoms with Gasteiger partial charge in [-0.25, -0.2) is 23.1 Å². The first-order valence-electron chi connectivity index (χ1n) is 9.66. The SMILES string of the molecule is C=Cc1ccc(-c2cnc(N)c(C(=O)Nc3ccc(S(=O)(=O)NC(C)=O)cc3)n2)cc1NC. The highest BCUT2D eigenvalue weighted by Crippen LogP contribution is 2.26. The first-order chi connectivity index (χ1) is 15.6. The highest BCUT2D eigenvalue weighted by atomic mass is 32.2. The molecule has 0 aliphatic carbocycles. The number of aromatic nitrogens is 2. The van der Waals surface area contributed by atoms with Crippen LogP contribution in [0.4, 0.5) is 17.2 Å². The van der Waals surface area contributed by atoms with Crippen LogP contribution in [0.3, 0.4) is 0 Å². The molecule has 0 bridgehead atoms. The number of nitrogens with one attached hydrogen (secondary N) is 3. The van der Waals surface area contributed by atoms with E-state index < -0.39 is 21.8 Å². The number of nitrogens with zero attached hydrogens (tertiary/aromatic N) is 2. The van der Waals surface area contributed by atoms with Gasteiger partial charge in [0.25, 0.3) is 15.9 Å². The van der Waals surface area contributed by atoms with Gasteiger partial charge in [0, 0.05) is 30.9 Å². The Morgan fingerprint density at radius 2 is 1.82 bits per heavy atom. The van der Waals surface area contributed by atoms with Crippen LogP contribution in [0, 0.1) is 0 Å². The van der Waals surface area contributed by atoms with Crippen molar-refractivity contribution in [3.8, 4) is 11.3 Å². The maximum atomic E-state index is 12.8. The molecule has 1 aromatic heterocycles. The minimum Gasteiger partial charge on any atom is -0.388 e. The molecular weight excluding hydrogens is 444 g/mol. The Balaban J connectivity index is 1.85. The van der Waals surface area contributed by atoms with Crippen LogP contribution in [0.15, 0.2) is 60.1 Å². The number of amides is 2. The second-order valence-corrected chi connectivity index (χ2v) is 8.57. The summed E-state index contributed by atoms with van der Waals surface area (Å²) in [5, 5.41) is 5.68. The van der Waals surface area contributed by atoms with E-state index in [1.807, 2.05) is 22.9 Å². The second kappa shape index (κ2) is 9.49. The van der Waals surface area contributed by atoms with E-state index in [0.717, 1.165) is 23.7 Å². The fourth-order valence-electron chi connectivity index (χ4n) is 2.97. The molecule has 0 aliphatic heterocycles. The van der Waals surface area contributed by atoms with E-state index in [4.69, 9.17) is 5.73 Å². The summed E-state index contributed by atoms with van der Waals surface area (Å²) in [6.07, 6.45) is 3.19. The average molecular weight is 467 g/mol. The van der Waals surface area contributed by atoms with Crippen molar-refractivity contribution in [2.75, 3.05) is 23.4 Å². The van der Waals surface area contributed by atoms with E-state index in [0.29, 0.717) is 11.4 Å². The Labute approximate surface area is 191 Å². The van der Waals surface area contributed by atoms with Crippen molar-refractivity contribution in [3.63, 3.8) is 0 Å². The van der Waals surface area contributed by atoms with Crippen molar-refractivity contribution >= 4 is 45.1 Å². The Morgan fingerprint density at radius 3 is 2.42 bits per heavy atom. The number of hydrogen-bond donors (Lipinski definition) is 4. The molecule has 0 saturated heterocycles. The summed E-state index contributed by atoms with van der Waals surface area (Å²) >= 11 is 0. The first kappa shape index (κ1) is 23.4. The van der Waals surface area contributed by atoms with Crippen molar-refractivity contribution in [1.82, 2.24) is 14.7 Å². The number of nitrogen functional groups attached to an aromatic ring is 1. The van der Waals surface area contributed by atoms with Crippen molar-refractivity contribution in [3.05, 3.63) is 66.5 Å². The Morgan fingerprint density at radius 1 is 1.12 bits per heavy atom. The minimum absolute atomic E-state index is 0.0577. The number of nitrogens with two attached hydrogens (primary N) is 1. The lowest BCUT2D eigenvalue weighted by Gasteiger charge is -2.11. The Kier molecular flexibility index (Phi) is 6.73. The van der Waals surface area contributed by atoms with E-state index >= 15 is 0 Å². The van der Waals surface area contributed by atoms with Crippen LogP contribution < -0.4 is 21.1 Å². The largest absolute Gasteiger partial charge is 0.388 e. The van der Waals surface area contributed by atoms with Crippen LogP contribution >= 0.6 is 0 Å². The zero-order valence-corrected chi connectivity index (χ0v) is 18.7.